The summed E-state index contributed by atoms with van der Waals surface area (Å²) in [6.45, 7) is 0. The van der Waals surface area contributed by atoms with Crippen molar-refractivity contribution in [3.63, 3.8) is 0 Å². The molecule has 0 unspecified atom stereocenters. The lowest BCUT2D eigenvalue weighted by molar-refractivity contribution is 0.321. The normalized spacial score (nSPS) is 11.8. The zero-order chi connectivity index (χ0) is 9.14. The van der Waals surface area contributed by atoms with E-state index in [1.807, 2.05) is 6.07 Å². The number of nitrogens with zero attached hydrogens (tertiary/aromatic N) is 1. The summed E-state index contributed by atoms with van der Waals surface area (Å²) < 4.78 is 1.63. The predicted octanol–water partition coefficient (Wildman–Crippen LogP) is 3.59. The zero-order valence-corrected chi connectivity index (χ0v) is 9.69. The predicted molar refractivity (Wildman–Crippen MR) is 56.0 cm³/mol. The van der Waals surface area contributed by atoms with Gasteiger partial charge in [-0.2, -0.15) is 0 Å². The fraction of sp³-hybridized carbons (Fsp3) is 0. The third kappa shape index (κ3) is 2.00. The molecule has 0 saturated carbocycles. The van der Waals surface area contributed by atoms with E-state index in [1.165, 1.54) is 0 Å². The average molecular weight is 313 g/mol. The molecule has 0 heterocycles. The van der Waals surface area contributed by atoms with E-state index >= 15 is 0 Å². The highest BCUT2D eigenvalue weighted by Crippen LogP contribution is 2.27. The molecule has 1 aromatic rings. The van der Waals surface area contributed by atoms with Gasteiger partial charge in [0.25, 0.3) is 0 Å². The Morgan fingerprint density at radius 3 is 2.67 bits per heavy atom. The molecule has 1 rings (SSSR count). The molecule has 64 valence electrons. The Balaban J connectivity index is 3.26. The van der Waals surface area contributed by atoms with Gasteiger partial charge in [-0.05, 0) is 37.9 Å². The largest absolute Gasteiger partial charge is 0.410 e. The molecule has 0 fully saturated rings. The smallest absolute Gasteiger partial charge is 0.176 e. The van der Waals surface area contributed by atoms with E-state index in [1.54, 1.807) is 12.1 Å². The lowest BCUT2D eigenvalue weighted by Crippen LogP contribution is -1.92. The molecule has 0 atom stereocenters. The van der Waals surface area contributed by atoms with E-state index in [4.69, 9.17) is 16.8 Å². The van der Waals surface area contributed by atoms with Gasteiger partial charge in [0.1, 0.15) is 0 Å². The van der Waals surface area contributed by atoms with Gasteiger partial charge in [0.05, 0.1) is 0 Å². The summed E-state index contributed by atoms with van der Waals surface area (Å²) in [5, 5.41) is 11.4. The first kappa shape index (κ1) is 10.0. The number of benzene rings is 1. The highest BCUT2D eigenvalue weighted by molar-refractivity contribution is 9.13. The molecule has 0 aliphatic heterocycles. The van der Waals surface area contributed by atoms with Crippen LogP contribution in [0.5, 0.6) is 0 Å². The summed E-state index contributed by atoms with van der Waals surface area (Å²) in [6.07, 6.45) is 0. The van der Waals surface area contributed by atoms with Crippen LogP contribution >= 0.6 is 43.5 Å². The summed E-state index contributed by atoms with van der Waals surface area (Å²) in [6, 6.07) is 5.41. The number of hydrogen-bond acceptors (Lipinski definition) is 2. The van der Waals surface area contributed by atoms with Crippen molar-refractivity contribution >= 4 is 48.6 Å². The fourth-order valence-electron chi connectivity index (χ4n) is 0.717. The molecule has 0 aliphatic rings. The molecular formula is C7H4Br2ClNO. The monoisotopic (exact) mass is 311 g/mol. The van der Waals surface area contributed by atoms with Gasteiger partial charge in [0.2, 0.25) is 0 Å². The maximum Gasteiger partial charge on any atom is 0.176 e. The van der Waals surface area contributed by atoms with Crippen LogP contribution in [0.25, 0.3) is 0 Å². The Morgan fingerprint density at radius 2 is 2.08 bits per heavy atom. The van der Waals surface area contributed by atoms with Crippen LogP contribution in [-0.2, 0) is 0 Å². The maximum absolute atomic E-state index is 8.42. The van der Waals surface area contributed by atoms with E-state index in [0.29, 0.717) is 5.56 Å². The first-order chi connectivity index (χ1) is 5.66. The second kappa shape index (κ2) is 4.25. The van der Waals surface area contributed by atoms with Gasteiger partial charge in [0, 0.05) is 14.5 Å². The minimum atomic E-state index is 0.0585. The number of halogens is 3. The van der Waals surface area contributed by atoms with Gasteiger partial charge < -0.3 is 5.21 Å². The van der Waals surface area contributed by atoms with Crippen molar-refractivity contribution in [1.82, 2.24) is 0 Å². The standard InChI is InChI=1S/C7H4Br2ClNO/c8-5-3-1-2-4(6(5)9)7(10)11-12/h1-3,12H/b11-7-. The molecule has 0 spiro atoms. The lowest BCUT2D eigenvalue weighted by atomic mass is 10.2. The van der Waals surface area contributed by atoms with Crippen molar-refractivity contribution < 1.29 is 5.21 Å². The average Bonchev–Trinajstić information content (AvgIpc) is 2.08. The summed E-state index contributed by atoms with van der Waals surface area (Å²) in [5.74, 6) is 0. The van der Waals surface area contributed by atoms with Crippen molar-refractivity contribution in [2.75, 3.05) is 0 Å². The number of rotatable bonds is 1. The molecule has 12 heavy (non-hydrogen) atoms. The van der Waals surface area contributed by atoms with Gasteiger partial charge in [-0.25, -0.2) is 0 Å². The summed E-state index contributed by atoms with van der Waals surface area (Å²) >= 11 is 12.2. The van der Waals surface area contributed by atoms with Crippen molar-refractivity contribution in [2.24, 2.45) is 5.16 Å². The van der Waals surface area contributed by atoms with Crippen LogP contribution in [-0.4, -0.2) is 10.4 Å². The van der Waals surface area contributed by atoms with Crippen LogP contribution in [0.3, 0.4) is 0 Å². The van der Waals surface area contributed by atoms with E-state index in [2.05, 4.69) is 37.0 Å². The van der Waals surface area contributed by atoms with Crippen molar-refractivity contribution in [2.45, 2.75) is 0 Å². The molecule has 1 aromatic carbocycles. The van der Waals surface area contributed by atoms with Crippen LogP contribution in [0.1, 0.15) is 5.56 Å². The van der Waals surface area contributed by atoms with Gasteiger partial charge in [-0.3, -0.25) is 0 Å². The third-order valence-corrected chi connectivity index (χ3v) is 3.59. The van der Waals surface area contributed by atoms with Gasteiger partial charge >= 0.3 is 0 Å². The highest BCUT2D eigenvalue weighted by atomic mass is 79.9. The Labute approximate surface area is 91.5 Å². The van der Waals surface area contributed by atoms with Gasteiger partial charge in [0.15, 0.2) is 5.17 Å². The molecule has 0 aromatic heterocycles. The highest BCUT2D eigenvalue weighted by Gasteiger charge is 2.07. The van der Waals surface area contributed by atoms with Crippen molar-refractivity contribution in [3.05, 3.63) is 32.7 Å². The van der Waals surface area contributed by atoms with Crippen LogP contribution in [0.4, 0.5) is 0 Å². The van der Waals surface area contributed by atoms with Crippen LogP contribution in [0.2, 0.25) is 0 Å². The summed E-state index contributed by atoms with van der Waals surface area (Å²) in [7, 11) is 0. The molecule has 0 radical (unpaired) electrons. The minimum absolute atomic E-state index is 0.0585. The van der Waals surface area contributed by atoms with Crippen LogP contribution < -0.4 is 0 Å². The second-order valence-corrected chi connectivity index (χ2v) is 4.00. The van der Waals surface area contributed by atoms with E-state index in [-0.39, 0.29) is 5.17 Å². The Bertz CT molecular complexity index is 327. The van der Waals surface area contributed by atoms with E-state index in [0.717, 1.165) is 8.95 Å². The van der Waals surface area contributed by atoms with Crippen molar-refractivity contribution in [3.8, 4) is 0 Å². The molecular weight excluding hydrogens is 309 g/mol. The summed E-state index contributed by atoms with van der Waals surface area (Å²) in [5.41, 5.74) is 0.647. The van der Waals surface area contributed by atoms with Crippen LogP contribution in [0.15, 0.2) is 32.3 Å². The Kier molecular flexibility index (Phi) is 3.55. The second-order valence-electron chi connectivity index (χ2n) is 1.99. The molecule has 0 saturated heterocycles. The fourth-order valence-corrected chi connectivity index (χ4v) is 1.81. The number of oxime groups is 1. The van der Waals surface area contributed by atoms with Crippen molar-refractivity contribution in [1.29, 1.82) is 0 Å². The first-order valence-corrected chi connectivity index (χ1v) is 4.95. The quantitative estimate of drug-likeness (QED) is 0.480. The van der Waals surface area contributed by atoms with Crippen LogP contribution in [0, 0.1) is 0 Å². The van der Waals surface area contributed by atoms with E-state index < -0.39 is 0 Å². The third-order valence-electron chi connectivity index (χ3n) is 1.26. The molecule has 0 amide bonds. The zero-order valence-electron chi connectivity index (χ0n) is 5.76. The molecule has 5 heteroatoms. The maximum atomic E-state index is 8.42. The van der Waals surface area contributed by atoms with Gasteiger partial charge in [-0.1, -0.05) is 28.9 Å². The Hall–Kier alpha value is -0.0600. The first-order valence-electron chi connectivity index (χ1n) is 2.98. The minimum Gasteiger partial charge on any atom is -0.410 e. The van der Waals surface area contributed by atoms with E-state index in [9.17, 15) is 0 Å². The molecule has 2 nitrogen and oxygen atoms in total. The summed E-state index contributed by atoms with van der Waals surface area (Å²) in [4.78, 5) is 0. The lowest BCUT2D eigenvalue weighted by Gasteiger charge is -2.01. The topological polar surface area (TPSA) is 32.6 Å². The Morgan fingerprint density at radius 1 is 1.42 bits per heavy atom. The molecule has 0 bridgehead atoms. The molecule has 0 aliphatic carbocycles. The number of hydrogen-bond donors (Lipinski definition) is 1. The molecule has 1 N–H and O–H groups in total. The van der Waals surface area contributed by atoms with Gasteiger partial charge in [-0.15, -0.1) is 0 Å². The SMILES string of the molecule is O/N=C(\Cl)c1cccc(Br)c1Br.